The molecule has 6 nitrogen and oxygen atoms in total. The standard InChI is InChI=1S/C20H23FN4O2/c1-27-20(26)6-5-17-12-23-19(13-22-17)24-18-8-10-25(14-18)9-7-15-3-2-4-16(21)11-15/h2-6,11-13,18H,7-10,14H2,1H3,(H,23,24)/t18-/m1/s1. The second-order valence-electron chi connectivity index (χ2n) is 6.49. The van der Waals surface area contributed by atoms with Crippen LogP contribution in [-0.4, -0.2) is 53.6 Å². The van der Waals surface area contributed by atoms with Gasteiger partial charge in [-0.25, -0.2) is 14.2 Å². The van der Waals surface area contributed by atoms with E-state index in [0.717, 1.165) is 38.0 Å². The highest BCUT2D eigenvalue weighted by Crippen LogP contribution is 2.15. The van der Waals surface area contributed by atoms with E-state index in [1.165, 1.54) is 19.3 Å². The summed E-state index contributed by atoms with van der Waals surface area (Å²) in [5, 5.41) is 3.39. The Labute approximate surface area is 158 Å². The number of carbonyl (C=O) groups excluding carboxylic acids is 1. The summed E-state index contributed by atoms with van der Waals surface area (Å²) in [4.78, 5) is 22.0. The number of carbonyl (C=O) groups is 1. The summed E-state index contributed by atoms with van der Waals surface area (Å²) in [5.41, 5.74) is 1.61. The van der Waals surface area contributed by atoms with Gasteiger partial charge in [-0.1, -0.05) is 12.1 Å². The lowest BCUT2D eigenvalue weighted by Gasteiger charge is -2.17. The van der Waals surface area contributed by atoms with Crippen LogP contribution in [0.25, 0.3) is 6.08 Å². The largest absolute Gasteiger partial charge is 0.466 e. The second kappa shape index (κ2) is 9.23. The molecule has 0 spiro atoms. The first-order chi connectivity index (χ1) is 13.1. The van der Waals surface area contributed by atoms with E-state index in [1.807, 2.05) is 6.07 Å². The summed E-state index contributed by atoms with van der Waals surface area (Å²) >= 11 is 0. The number of benzene rings is 1. The number of nitrogens with zero attached hydrogens (tertiary/aromatic N) is 3. The Balaban J connectivity index is 1.45. The van der Waals surface area contributed by atoms with E-state index in [2.05, 4.69) is 24.9 Å². The number of aromatic nitrogens is 2. The highest BCUT2D eigenvalue weighted by molar-refractivity contribution is 5.86. The molecule has 0 aliphatic carbocycles. The zero-order valence-electron chi connectivity index (χ0n) is 15.3. The number of nitrogens with one attached hydrogen (secondary N) is 1. The van der Waals surface area contributed by atoms with E-state index < -0.39 is 5.97 Å². The van der Waals surface area contributed by atoms with Gasteiger partial charge >= 0.3 is 5.97 Å². The van der Waals surface area contributed by atoms with E-state index in [0.29, 0.717) is 17.6 Å². The van der Waals surface area contributed by atoms with Gasteiger partial charge in [-0.2, -0.15) is 0 Å². The van der Waals surface area contributed by atoms with Crippen LogP contribution in [-0.2, 0) is 16.0 Å². The molecule has 27 heavy (non-hydrogen) atoms. The van der Waals surface area contributed by atoms with Gasteiger partial charge in [0, 0.05) is 31.8 Å². The van der Waals surface area contributed by atoms with Gasteiger partial charge < -0.3 is 15.0 Å². The maximum atomic E-state index is 13.2. The number of hydrogen-bond donors (Lipinski definition) is 1. The van der Waals surface area contributed by atoms with Crippen LogP contribution in [0.1, 0.15) is 17.7 Å². The monoisotopic (exact) mass is 370 g/mol. The maximum absolute atomic E-state index is 13.2. The van der Waals surface area contributed by atoms with Crippen LogP contribution in [0.5, 0.6) is 0 Å². The number of anilines is 1. The van der Waals surface area contributed by atoms with Crippen molar-refractivity contribution in [1.82, 2.24) is 14.9 Å². The summed E-state index contributed by atoms with van der Waals surface area (Å²) in [7, 11) is 1.33. The molecular formula is C20H23FN4O2. The van der Waals surface area contributed by atoms with Gasteiger partial charge in [0.1, 0.15) is 11.6 Å². The SMILES string of the molecule is COC(=O)C=Cc1cnc(N[C@@H]2CCN(CCc3cccc(F)c3)C2)cn1. The number of halogens is 1. The first-order valence-corrected chi connectivity index (χ1v) is 8.94. The average Bonchev–Trinajstić information content (AvgIpc) is 3.13. The Kier molecular flexibility index (Phi) is 6.49. The summed E-state index contributed by atoms with van der Waals surface area (Å²) in [5.74, 6) is 0.0994. The maximum Gasteiger partial charge on any atom is 0.330 e. The van der Waals surface area contributed by atoms with Crippen LogP contribution in [0.15, 0.2) is 42.7 Å². The zero-order valence-corrected chi connectivity index (χ0v) is 15.3. The minimum atomic E-state index is -0.428. The molecule has 1 aromatic carbocycles. The fourth-order valence-electron chi connectivity index (χ4n) is 3.06. The number of rotatable bonds is 7. The Morgan fingerprint density at radius 2 is 2.30 bits per heavy atom. The summed E-state index contributed by atoms with van der Waals surface area (Å²) in [6.07, 6.45) is 8.00. The third kappa shape index (κ3) is 5.86. The fourth-order valence-corrected chi connectivity index (χ4v) is 3.06. The molecule has 0 saturated carbocycles. The number of methoxy groups -OCH3 is 1. The van der Waals surface area contributed by atoms with Crippen molar-refractivity contribution in [3.63, 3.8) is 0 Å². The predicted octanol–water partition coefficient (Wildman–Crippen LogP) is 2.53. The van der Waals surface area contributed by atoms with Gasteiger partial charge in [-0.15, -0.1) is 0 Å². The van der Waals surface area contributed by atoms with Gasteiger partial charge in [0.05, 0.1) is 25.2 Å². The number of likely N-dealkylation sites (tertiary alicyclic amines) is 1. The lowest BCUT2D eigenvalue weighted by atomic mass is 10.1. The van der Waals surface area contributed by atoms with Gasteiger partial charge in [0.25, 0.3) is 0 Å². The third-order valence-corrected chi connectivity index (χ3v) is 4.49. The fraction of sp³-hybridized carbons (Fsp3) is 0.350. The van der Waals surface area contributed by atoms with Crippen molar-refractivity contribution in [2.45, 2.75) is 18.9 Å². The van der Waals surface area contributed by atoms with Gasteiger partial charge in [0.15, 0.2) is 0 Å². The van der Waals surface area contributed by atoms with E-state index in [-0.39, 0.29) is 5.82 Å². The van der Waals surface area contributed by atoms with E-state index in [1.54, 1.807) is 30.6 Å². The Morgan fingerprint density at radius 1 is 1.41 bits per heavy atom. The third-order valence-electron chi connectivity index (χ3n) is 4.49. The molecule has 0 unspecified atom stereocenters. The summed E-state index contributed by atoms with van der Waals surface area (Å²) in [6.45, 7) is 2.83. The van der Waals surface area contributed by atoms with Crippen molar-refractivity contribution < 1.29 is 13.9 Å². The quantitative estimate of drug-likeness (QED) is 0.597. The summed E-state index contributed by atoms with van der Waals surface area (Å²) in [6, 6.07) is 7.08. The van der Waals surface area contributed by atoms with Crippen LogP contribution >= 0.6 is 0 Å². The molecule has 142 valence electrons. The van der Waals surface area contributed by atoms with Crippen molar-refractivity contribution in [3.8, 4) is 0 Å². The van der Waals surface area contributed by atoms with E-state index in [4.69, 9.17) is 0 Å². The van der Waals surface area contributed by atoms with Gasteiger partial charge in [0.2, 0.25) is 0 Å². The topological polar surface area (TPSA) is 67.3 Å². The normalized spacial score (nSPS) is 17.3. The molecule has 3 rings (SSSR count). The minimum absolute atomic E-state index is 0.183. The molecular weight excluding hydrogens is 347 g/mol. The number of esters is 1. The molecule has 0 amide bonds. The second-order valence-corrected chi connectivity index (χ2v) is 6.49. The highest BCUT2D eigenvalue weighted by Gasteiger charge is 2.22. The lowest BCUT2D eigenvalue weighted by Crippen LogP contribution is -2.28. The Hall–Kier alpha value is -2.80. The molecule has 2 heterocycles. The first kappa shape index (κ1) is 19.0. The molecule has 1 aliphatic heterocycles. The smallest absolute Gasteiger partial charge is 0.330 e. The highest BCUT2D eigenvalue weighted by atomic mass is 19.1. The molecule has 0 bridgehead atoms. The molecule has 1 saturated heterocycles. The van der Waals surface area contributed by atoms with Crippen molar-refractivity contribution in [1.29, 1.82) is 0 Å². The summed E-state index contributed by atoms with van der Waals surface area (Å²) < 4.78 is 17.8. The van der Waals surface area contributed by atoms with Crippen molar-refractivity contribution in [2.75, 3.05) is 32.1 Å². The van der Waals surface area contributed by atoms with Crippen molar-refractivity contribution in [2.24, 2.45) is 0 Å². The van der Waals surface area contributed by atoms with Gasteiger partial charge in [-0.05, 0) is 36.6 Å². The lowest BCUT2D eigenvalue weighted by molar-refractivity contribution is -0.134. The van der Waals surface area contributed by atoms with Crippen LogP contribution in [0.2, 0.25) is 0 Å². The van der Waals surface area contributed by atoms with Crippen molar-refractivity contribution in [3.05, 3.63) is 59.8 Å². The van der Waals surface area contributed by atoms with E-state index in [9.17, 15) is 9.18 Å². The molecule has 1 atom stereocenters. The van der Waals surface area contributed by atoms with Crippen LogP contribution in [0, 0.1) is 5.82 Å². The van der Waals surface area contributed by atoms with E-state index >= 15 is 0 Å². The first-order valence-electron chi connectivity index (χ1n) is 8.94. The molecule has 1 aromatic heterocycles. The molecule has 1 fully saturated rings. The molecule has 7 heteroatoms. The van der Waals surface area contributed by atoms with Crippen molar-refractivity contribution >= 4 is 17.9 Å². The van der Waals surface area contributed by atoms with Gasteiger partial charge in [-0.3, -0.25) is 4.98 Å². The molecule has 0 radical (unpaired) electrons. The number of hydrogen-bond acceptors (Lipinski definition) is 6. The average molecular weight is 370 g/mol. The van der Waals surface area contributed by atoms with Crippen LogP contribution in [0.3, 0.4) is 0 Å². The molecule has 1 aliphatic rings. The van der Waals surface area contributed by atoms with Crippen LogP contribution < -0.4 is 5.32 Å². The Morgan fingerprint density at radius 3 is 3.04 bits per heavy atom. The predicted molar refractivity (Wildman–Crippen MR) is 102 cm³/mol. The molecule has 2 aromatic rings. The number of ether oxygens (including phenoxy) is 1. The molecule has 1 N–H and O–H groups in total. The minimum Gasteiger partial charge on any atom is -0.466 e. The van der Waals surface area contributed by atoms with Crippen LogP contribution in [0.4, 0.5) is 10.2 Å². The zero-order chi connectivity index (χ0) is 19.1. The Bertz CT molecular complexity index is 795.